The van der Waals surface area contributed by atoms with Gasteiger partial charge in [-0.25, -0.2) is 4.70 Å². The Hall–Kier alpha value is -1.82. The molecule has 1 heterocycles. The predicted molar refractivity (Wildman–Crippen MR) is 183 cm³/mol. The van der Waals surface area contributed by atoms with Crippen molar-refractivity contribution in [2.24, 2.45) is 0 Å². The van der Waals surface area contributed by atoms with Crippen LogP contribution in [0.4, 0.5) is 0 Å². The summed E-state index contributed by atoms with van der Waals surface area (Å²) in [5.41, 5.74) is 21.8. The van der Waals surface area contributed by atoms with Crippen molar-refractivity contribution in [2.75, 3.05) is 0 Å². The SMILES string of the molecule is CCCCCCC1=C(c2cccc(CCCCC)c2)[N+](=[N-])C(c2cccc(CCCCCC)c2)=C1CCCC.[CH3-].[CH3-].[Pd+2]. The quantitative estimate of drug-likeness (QED) is 0.0619. The normalized spacial score (nSPS) is 12.7. The number of aryl methyl sites for hydroxylation is 2. The van der Waals surface area contributed by atoms with Crippen molar-refractivity contribution < 1.29 is 25.1 Å². The second kappa shape index (κ2) is 22.7. The largest absolute Gasteiger partial charge is 2.00 e. The summed E-state index contributed by atoms with van der Waals surface area (Å²) in [6.07, 6.45) is 20.4. The van der Waals surface area contributed by atoms with Gasteiger partial charge in [0, 0.05) is 22.3 Å². The van der Waals surface area contributed by atoms with Crippen molar-refractivity contribution in [2.45, 2.75) is 137 Å². The maximum Gasteiger partial charge on any atom is 2.00 e. The number of rotatable bonds is 19. The van der Waals surface area contributed by atoms with Crippen LogP contribution in [-0.2, 0) is 33.3 Å². The average molecular weight is 663 g/mol. The van der Waals surface area contributed by atoms with E-state index in [9.17, 15) is 5.53 Å². The number of allylic oxidation sites excluding steroid dienone is 2. The monoisotopic (exact) mass is 662 g/mol. The maximum atomic E-state index is 12.0. The third kappa shape index (κ3) is 11.7. The topological polar surface area (TPSA) is 25.3 Å². The Balaban J connectivity index is 0.00000560. The van der Waals surface area contributed by atoms with E-state index in [1.54, 1.807) is 4.70 Å². The fourth-order valence-corrected chi connectivity index (χ4v) is 5.95. The molecule has 0 aliphatic carbocycles. The molecule has 1 aliphatic rings. The summed E-state index contributed by atoms with van der Waals surface area (Å²) >= 11 is 0. The van der Waals surface area contributed by atoms with E-state index in [4.69, 9.17) is 0 Å². The molecule has 0 unspecified atom stereocenters. The summed E-state index contributed by atoms with van der Waals surface area (Å²) in [6, 6.07) is 18.0. The van der Waals surface area contributed by atoms with Crippen molar-refractivity contribution in [3.8, 4) is 0 Å². The van der Waals surface area contributed by atoms with Crippen molar-refractivity contribution in [3.63, 3.8) is 0 Å². The van der Waals surface area contributed by atoms with Crippen LogP contribution in [0, 0.1) is 14.9 Å². The Labute approximate surface area is 274 Å². The van der Waals surface area contributed by atoms with Gasteiger partial charge in [-0.2, -0.15) is 0 Å². The Morgan fingerprint density at radius 3 is 1.33 bits per heavy atom. The van der Waals surface area contributed by atoms with E-state index in [-0.39, 0.29) is 35.3 Å². The van der Waals surface area contributed by atoms with Crippen LogP contribution in [0.2, 0.25) is 0 Å². The molecular weight excluding hydrogens is 603 g/mol. The molecular formula is C39H60N2Pd. The molecule has 3 rings (SSSR count). The number of benzene rings is 2. The van der Waals surface area contributed by atoms with E-state index >= 15 is 0 Å². The van der Waals surface area contributed by atoms with Gasteiger partial charge in [0.2, 0.25) is 11.4 Å². The van der Waals surface area contributed by atoms with Crippen molar-refractivity contribution in [1.29, 1.82) is 0 Å². The molecule has 0 radical (unpaired) electrons. The van der Waals surface area contributed by atoms with Crippen molar-refractivity contribution in [1.82, 2.24) is 0 Å². The third-order valence-electron chi connectivity index (χ3n) is 8.21. The summed E-state index contributed by atoms with van der Waals surface area (Å²) in [7, 11) is 0. The first-order valence-corrected chi connectivity index (χ1v) is 16.3. The van der Waals surface area contributed by atoms with E-state index < -0.39 is 0 Å². The molecule has 42 heavy (non-hydrogen) atoms. The number of hydrogen-bond acceptors (Lipinski definition) is 0. The minimum atomic E-state index is 0. The van der Waals surface area contributed by atoms with Crippen LogP contribution in [0.5, 0.6) is 0 Å². The summed E-state index contributed by atoms with van der Waals surface area (Å²) in [5.74, 6) is 0. The zero-order valence-electron chi connectivity index (χ0n) is 27.9. The van der Waals surface area contributed by atoms with Gasteiger partial charge in [0.1, 0.15) is 0 Å². The van der Waals surface area contributed by atoms with Crippen LogP contribution in [-0.4, -0.2) is 4.70 Å². The summed E-state index contributed by atoms with van der Waals surface area (Å²) in [6.45, 7) is 9.08. The third-order valence-corrected chi connectivity index (χ3v) is 8.21. The van der Waals surface area contributed by atoms with E-state index in [0.717, 1.165) is 61.0 Å². The van der Waals surface area contributed by atoms with Gasteiger partial charge in [0.15, 0.2) is 0 Å². The van der Waals surface area contributed by atoms with Crippen LogP contribution in [0.3, 0.4) is 0 Å². The van der Waals surface area contributed by atoms with Crippen molar-refractivity contribution in [3.05, 3.63) is 102 Å². The number of unbranched alkanes of at least 4 members (excludes halogenated alkanes) is 9. The summed E-state index contributed by atoms with van der Waals surface area (Å²) < 4.78 is 1.57. The molecule has 2 aromatic carbocycles. The van der Waals surface area contributed by atoms with Gasteiger partial charge in [0.25, 0.3) is 0 Å². The molecule has 0 bridgehead atoms. The Kier molecular flexibility index (Phi) is 21.7. The zero-order valence-corrected chi connectivity index (χ0v) is 29.4. The van der Waals surface area contributed by atoms with Gasteiger partial charge in [-0.3, -0.25) is 0 Å². The maximum absolute atomic E-state index is 12.0. The number of hydrogen-bond donors (Lipinski definition) is 0. The average Bonchev–Trinajstić information content (AvgIpc) is 3.23. The van der Waals surface area contributed by atoms with E-state index in [2.05, 4.69) is 76.2 Å². The Morgan fingerprint density at radius 1 is 0.500 bits per heavy atom. The molecule has 236 valence electrons. The summed E-state index contributed by atoms with van der Waals surface area (Å²) in [4.78, 5) is 0. The summed E-state index contributed by atoms with van der Waals surface area (Å²) in [5, 5.41) is 0. The molecule has 2 aromatic rings. The fourth-order valence-electron chi connectivity index (χ4n) is 5.95. The van der Waals surface area contributed by atoms with Crippen LogP contribution in [0.15, 0.2) is 59.7 Å². The molecule has 0 spiro atoms. The van der Waals surface area contributed by atoms with Gasteiger partial charge in [-0.1, -0.05) is 110 Å². The zero-order chi connectivity index (χ0) is 27.9. The smallest absolute Gasteiger partial charge is 0.493 e. The molecule has 1 aliphatic heterocycles. The minimum absolute atomic E-state index is 0. The van der Waals surface area contributed by atoms with Crippen molar-refractivity contribution >= 4 is 11.4 Å². The molecule has 0 fully saturated rings. The fraction of sp³-hybridized carbons (Fsp3) is 0.538. The first-order valence-electron chi connectivity index (χ1n) is 16.3. The van der Waals surface area contributed by atoms with Gasteiger partial charge < -0.3 is 20.4 Å². The van der Waals surface area contributed by atoms with Crippen LogP contribution < -0.4 is 0 Å². The molecule has 0 saturated heterocycles. The van der Waals surface area contributed by atoms with Crippen LogP contribution >= 0.6 is 0 Å². The van der Waals surface area contributed by atoms with E-state index in [1.807, 2.05) is 0 Å². The number of nitrogens with zero attached hydrogens (tertiary/aromatic N) is 2. The van der Waals surface area contributed by atoms with Gasteiger partial charge in [0.05, 0.1) is 0 Å². The van der Waals surface area contributed by atoms with E-state index in [1.165, 1.54) is 92.9 Å². The minimum Gasteiger partial charge on any atom is -0.493 e. The van der Waals surface area contributed by atoms with Gasteiger partial charge in [-0.05, 0) is 86.8 Å². The first kappa shape index (κ1) is 40.2. The van der Waals surface area contributed by atoms with Crippen LogP contribution in [0.1, 0.15) is 146 Å². The van der Waals surface area contributed by atoms with E-state index in [0.29, 0.717) is 0 Å². The second-order valence-corrected chi connectivity index (χ2v) is 11.5. The first-order chi connectivity index (χ1) is 19.1. The molecule has 0 atom stereocenters. The van der Waals surface area contributed by atoms with Gasteiger partial charge >= 0.3 is 20.4 Å². The van der Waals surface area contributed by atoms with Gasteiger partial charge in [-0.15, -0.1) is 0 Å². The Morgan fingerprint density at radius 2 is 0.881 bits per heavy atom. The second-order valence-electron chi connectivity index (χ2n) is 11.5. The van der Waals surface area contributed by atoms with Crippen LogP contribution in [0.25, 0.3) is 16.9 Å². The molecule has 0 N–H and O–H groups in total. The molecule has 0 aromatic heterocycles. The molecule has 0 amide bonds. The molecule has 2 nitrogen and oxygen atoms in total. The predicted octanol–water partition coefficient (Wildman–Crippen LogP) is 12.8. The molecule has 3 heteroatoms. The molecule has 0 saturated carbocycles. The Bertz CT molecular complexity index is 1110. The standard InChI is InChI=1S/C37H54N2.2CH3.Pd/c1-5-9-13-16-21-31-23-19-24-32(29-31)36-34(26-12-8-4)35(27-17-14-10-6-2)37(39(36)38)33-25-18-22-30(28-33)20-15-11-7-3;;;/h18-19,22-25,28-29H,5-17,20-21,26-27H2,1-4H3;2*1H3;/q;2*-1;+2.